The third-order valence-corrected chi connectivity index (χ3v) is 1.15. The molecule has 11 heavy (non-hydrogen) atoms. The summed E-state index contributed by atoms with van der Waals surface area (Å²) in [5.74, 6) is 0. The Morgan fingerprint density at radius 1 is 1.64 bits per heavy atom. The number of hydrogen-bond acceptors (Lipinski definition) is 3. The van der Waals surface area contributed by atoms with E-state index >= 15 is 0 Å². The molecule has 0 saturated heterocycles. The van der Waals surface area contributed by atoms with E-state index in [2.05, 4.69) is 15.3 Å². The number of aromatic nitrogens is 1. The van der Waals surface area contributed by atoms with E-state index in [-0.39, 0.29) is 0 Å². The predicted molar refractivity (Wildman–Crippen MR) is 43.4 cm³/mol. The number of hydrogen-bond donors (Lipinski definition) is 1. The molecule has 3 nitrogen and oxygen atoms in total. The quantitative estimate of drug-likeness (QED) is 0.657. The third-order valence-electron chi connectivity index (χ3n) is 1.15. The first-order chi connectivity index (χ1) is 5.43. The molecule has 0 radical (unpaired) electrons. The van der Waals surface area contributed by atoms with Crippen molar-refractivity contribution in [3.8, 4) is 0 Å². The summed E-state index contributed by atoms with van der Waals surface area (Å²) in [5, 5.41) is 0. The summed E-state index contributed by atoms with van der Waals surface area (Å²) >= 11 is 0. The highest BCUT2D eigenvalue weighted by atomic mass is 16.6. The van der Waals surface area contributed by atoms with Crippen molar-refractivity contribution in [2.75, 3.05) is 7.11 Å². The molecule has 0 amide bonds. The lowest BCUT2D eigenvalue weighted by Gasteiger charge is -1.92. The van der Waals surface area contributed by atoms with Crippen molar-refractivity contribution in [3.63, 3.8) is 0 Å². The minimum Gasteiger partial charge on any atom is -0.280 e. The normalized spacial score (nSPS) is 10.3. The van der Waals surface area contributed by atoms with Gasteiger partial charge in [0.1, 0.15) is 0 Å². The lowest BCUT2D eigenvalue weighted by Crippen LogP contribution is -1.99. The van der Waals surface area contributed by atoms with E-state index in [4.69, 9.17) is 0 Å². The summed E-state index contributed by atoms with van der Waals surface area (Å²) in [6.07, 6.45) is 7.09. The zero-order chi connectivity index (χ0) is 7.94. The number of nitrogens with one attached hydrogen (secondary N) is 1. The van der Waals surface area contributed by atoms with Crippen LogP contribution in [0.5, 0.6) is 0 Å². The van der Waals surface area contributed by atoms with Gasteiger partial charge in [0, 0.05) is 18.6 Å². The van der Waals surface area contributed by atoms with Gasteiger partial charge in [-0.05, 0) is 17.7 Å². The molecule has 0 aliphatic carbocycles. The van der Waals surface area contributed by atoms with Crippen LogP contribution in [0.25, 0.3) is 6.08 Å². The molecule has 0 fully saturated rings. The zero-order valence-electron chi connectivity index (χ0n) is 6.32. The Morgan fingerprint density at radius 3 is 3.18 bits per heavy atom. The molecule has 0 aromatic carbocycles. The van der Waals surface area contributed by atoms with E-state index in [9.17, 15) is 0 Å². The Labute approximate surface area is 65.7 Å². The Kier molecular flexibility index (Phi) is 3.15. The standard InChI is InChI=1S/C8H10N2O/c1-11-10-6-4-8-3-2-5-9-7-8/h2-7,10H,1H3/b6-4+. The van der Waals surface area contributed by atoms with Crippen LogP contribution in [0.4, 0.5) is 0 Å². The zero-order valence-corrected chi connectivity index (χ0v) is 6.32. The van der Waals surface area contributed by atoms with Crippen LogP contribution in [0.3, 0.4) is 0 Å². The Bertz CT molecular complexity index is 221. The van der Waals surface area contributed by atoms with E-state index in [0.29, 0.717) is 0 Å². The highest BCUT2D eigenvalue weighted by molar-refractivity contribution is 5.46. The Hall–Kier alpha value is -1.35. The van der Waals surface area contributed by atoms with Crippen LogP contribution in [-0.2, 0) is 4.84 Å². The van der Waals surface area contributed by atoms with Crippen molar-refractivity contribution in [3.05, 3.63) is 36.3 Å². The van der Waals surface area contributed by atoms with Crippen molar-refractivity contribution in [1.82, 2.24) is 10.5 Å². The summed E-state index contributed by atoms with van der Waals surface area (Å²) < 4.78 is 0. The van der Waals surface area contributed by atoms with Gasteiger partial charge in [-0.1, -0.05) is 6.07 Å². The van der Waals surface area contributed by atoms with Crippen LogP contribution in [-0.4, -0.2) is 12.1 Å². The fourth-order valence-electron chi connectivity index (χ4n) is 0.673. The largest absolute Gasteiger partial charge is 0.280 e. The van der Waals surface area contributed by atoms with Gasteiger partial charge in [0.25, 0.3) is 0 Å². The molecule has 3 heteroatoms. The lowest BCUT2D eigenvalue weighted by atomic mass is 10.3. The van der Waals surface area contributed by atoms with Gasteiger partial charge < -0.3 is 0 Å². The van der Waals surface area contributed by atoms with Gasteiger partial charge in [0.05, 0.1) is 7.11 Å². The molecule has 0 saturated carbocycles. The van der Waals surface area contributed by atoms with Crippen LogP contribution in [0, 0.1) is 0 Å². The Balaban J connectivity index is 2.50. The maximum absolute atomic E-state index is 4.61. The van der Waals surface area contributed by atoms with Crippen LogP contribution in [0.15, 0.2) is 30.7 Å². The van der Waals surface area contributed by atoms with E-state index < -0.39 is 0 Å². The van der Waals surface area contributed by atoms with E-state index in [1.165, 1.54) is 0 Å². The molecular formula is C8H10N2O. The first kappa shape index (κ1) is 7.75. The second-order valence-electron chi connectivity index (χ2n) is 1.94. The molecule has 0 unspecified atom stereocenters. The van der Waals surface area contributed by atoms with Crippen LogP contribution < -0.4 is 5.48 Å². The lowest BCUT2D eigenvalue weighted by molar-refractivity contribution is 0.129. The molecule has 0 aliphatic heterocycles. The number of pyridine rings is 1. The minimum atomic E-state index is 1.04. The Morgan fingerprint density at radius 2 is 2.55 bits per heavy atom. The van der Waals surface area contributed by atoms with E-state index in [1.807, 2.05) is 18.2 Å². The first-order valence-corrected chi connectivity index (χ1v) is 3.28. The van der Waals surface area contributed by atoms with E-state index in [0.717, 1.165) is 5.56 Å². The van der Waals surface area contributed by atoms with Crippen molar-refractivity contribution < 1.29 is 4.84 Å². The van der Waals surface area contributed by atoms with Gasteiger partial charge in [-0.2, -0.15) is 0 Å². The molecule has 0 atom stereocenters. The van der Waals surface area contributed by atoms with Gasteiger partial charge in [-0.15, -0.1) is 0 Å². The SMILES string of the molecule is CON/C=C/c1cccnc1. The van der Waals surface area contributed by atoms with Gasteiger partial charge >= 0.3 is 0 Å². The topological polar surface area (TPSA) is 34.1 Å². The second kappa shape index (κ2) is 4.46. The van der Waals surface area contributed by atoms with Crippen molar-refractivity contribution in [2.24, 2.45) is 0 Å². The monoisotopic (exact) mass is 150 g/mol. The van der Waals surface area contributed by atoms with Gasteiger partial charge in [-0.25, -0.2) is 0 Å². The summed E-state index contributed by atoms with van der Waals surface area (Å²) in [6.45, 7) is 0. The molecular weight excluding hydrogens is 140 g/mol. The van der Waals surface area contributed by atoms with Gasteiger partial charge in [0.15, 0.2) is 0 Å². The maximum Gasteiger partial charge on any atom is 0.0636 e. The minimum absolute atomic E-state index is 1.04. The molecule has 0 aliphatic rings. The second-order valence-corrected chi connectivity index (χ2v) is 1.94. The summed E-state index contributed by atoms with van der Waals surface area (Å²) in [4.78, 5) is 8.55. The molecule has 0 bridgehead atoms. The van der Waals surface area contributed by atoms with Gasteiger partial charge in [-0.3, -0.25) is 15.3 Å². The highest BCUT2D eigenvalue weighted by Crippen LogP contribution is 1.96. The van der Waals surface area contributed by atoms with Crippen LogP contribution in [0.2, 0.25) is 0 Å². The summed E-state index contributed by atoms with van der Waals surface area (Å²) in [6, 6.07) is 3.84. The predicted octanol–water partition coefficient (Wildman–Crippen LogP) is 1.20. The third kappa shape index (κ3) is 2.82. The van der Waals surface area contributed by atoms with Gasteiger partial charge in [0.2, 0.25) is 0 Å². The molecule has 1 heterocycles. The number of nitrogens with zero attached hydrogens (tertiary/aromatic N) is 1. The molecule has 1 N–H and O–H groups in total. The van der Waals surface area contributed by atoms with Crippen LogP contribution in [0.1, 0.15) is 5.56 Å². The smallest absolute Gasteiger partial charge is 0.0636 e. The van der Waals surface area contributed by atoms with Crippen molar-refractivity contribution in [2.45, 2.75) is 0 Å². The average molecular weight is 150 g/mol. The number of rotatable bonds is 3. The van der Waals surface area contributed by atoms with E-state index in [1.54, 1.807) is 25.7 Å². The highest BCUT2D eigenvalue weighted by Gasteiger charge is 1.80. The molecule has 58 valence electrons. The van der Waals surface area contributed by atoms with Crippen molar-refractivity contribution in [1.29, 1.82) is 0 Å². The maximum atomic E-state index is 4.61. The van der Waals surface area contributed by atoms with Crippen molar-refractivity contribution >= 4 is 6.08 Å². The summed E-state index contributed by atoms with van der Waals surface area (Å²) in [7, 11) is 1.56. The average Bonchev–Trinajstić information content (AvgIpc) is 2.07. The van der Waals surface area contributed by atoms with Crippen LogP contribution >= 0.6 is 0 Å². The molecule has 1 rings (SSSR count). The number of hydroxylamine groups is 1. The summed E-state index contributed by atoms with van der Waals surface area (Å²) in [5.41, 5.74) is 3.63. The fraction of sp³-hybridized carbons (Fsp3) is 0.125. The first-order valence-electron chi connectivity index (χ1n) is 3.28. The molecule has 1 aromatic heterocycles. The fourth-order valence-corrected chi connectivity index (χ4v) is 0.673. The molecule has 0 spiro atoms. The molecule has 1 aromatic rings.